The first kappa shape index (κ1) is 16.9. The number of rotatable bonds is 3. The molecule has 0 spiro atoms. The van der Waals surface area contributed by atoms with Gasteiger partial charge in [0.2, 0.25) is 12.5 Å². The molecule has 0 aromatic heterocycles. The molecule has 0 radical (unpaired) electrons. The fraction of sp³-hybridized carbons (Fsp3) is 0.429. The first-order valence-electron chi connectivity index (χ1n) is 8.91. The van der Waals surface area contributed by atoms with Crippen molar-refractivity contribution in [1.29, 1.82) is 0 Å². The van der Waals surface area contributed by atoms with Crippen molar-refractivity contribution in [3.05, 3.63) is 41.0 Å². The van der Waals surface area contributed by atoms with Gasteiger partial charge in [-0.25, -0.2) is 0 Å². The van der Waals surface area contributed by atoms with E-state index in [0.717, 1.165) is 29.0 Å². The summed E-state index contributed by atoms with van der Waals surface area (Å²) < 4.78 is 22.2. The Morgan fingerprint density at radius 3 is 2.58 bits per heavy atom. The van der Waals surface area contributed by atoms with Crippen LogP contribution in [0.4, 0.5) is 0 Å². The monoisotopic (exact) mass is 356 g/mol. The van der Waals surface area contributed by atoms with Gasteiger partial charge < -0.3 is 24.1 Å². The van der Waals surface area contributed by atoms with E-state index >= 15 is 0 Å². The summed E-state index contributed by atoms with van der Waals surface area (Å²) in [7, 11) is 3.22. The Bertz CT molecular complexity index is 845. The van der Waals surface area contributed by atoms with Crippen molar-refractivity contribution in [2.45, 2.75) is 26.2 Å². The van der Waals surface area contributed by atoms with Crippen LogP contribution in [0.15, 0.2) is 24.3 Å². The SMILES string of the molecule is COc1ccc([C@H]2c3c(cc4c(c3OC)OCO4)C[C@@H](C)[C@@H]2C)cc1O. The molecule has 1 aliphatic heterocycles. The minimum atomic E-state index is 0.0926. The summed E-state index contributed by atoms with van der Waals surface area (Å²) in [5, 5.41) is 10.3. The number of phenolic OH excluding ortho intramolecular Hbond substituents is 1. The third kappa shape index (κ3) is 2.45. The average Bonchev–Trinajstić information content (AvgIpc) is 3.09. The van der Waals surface area contributed by atoms with E-state index in [0.29, 0.717) is 23.3 Å². The number of hydrogen-bond donors (Lipinski definition) is 1. The molecule has 0 amide bonds. The molecule has 5 heteroatoms. The summed E-state index contributed by atoms with van der Waals surface area (Å²) in [6.07, 6.45) is 0.960. The lowest BCUT2D eigenvalue weighted by atomic mass is 9.67. The maximum Gasteiger partial charge on any atom is 0.231 e. The van der Waals surface area contributed by atoms with E-state index in [-0.39, 0.29) is 18.5 Å². The molecular weight excluding hydrogens is 332 g/mol. The van der Waals surface area contributed by atoms with Crippen molar-refractivity contribution in [3.8, 4) is 28.7 Å². The molecule has 138 valence electrons. The molecule has 1 aliphatic carbocycles. The molecule has 1 N–H and O–H groups in total. The molecule has 4 rings (SSSR count). The van der Waals surface area contributed by atoms with Crippen LogP contribution in [0.1, 0.15) is 36.5 Å². The van der Waals surface area contributed by atoms with Gasteiger partial charge >= 0.3 is 0 Å². The van der Waals surface area contributed by atoms with Gasteiger partial charge in [-0.2, -0.15) is 0 Å². The number of methoxy groups -OCH3 is 2. The summed E-state index contributed by atoms with van der Waals surface area (Å²) in [6.45, 7) is 4.73. The Balaban J connectivity index is 1.92. The summed E-state index contributed by atoms with van der Waals surface area (Å²) in [4.78, 5) is 0. The Labute approximate surface area is 153 Å². The van der Waals surface area contributed by atoms with Crippen LogP contribution in [-0.2, 0) is 6.42 Å². The van der Waals surface area contributed by atoms with E-state index < -0.39 is 0 Å². The van der Waals surface area contributed by atoms with Gasteiger partial charge in [0, 0.05) is 11.5 Å². The van der Waals surface area contributed by atoms with Crippen molar-refractivity contribution in [3.63, 3.8) is 0 Å². The number of hydrogen-bond acceptors (Lipinski definition) is 5. The van der Waals surface area contributed by atoms with Crippen molar-refractivity contribution in [2.24, 2.45) is 11.8 Å². The first-order valence-corrected chi connectivity index (χ1v) is 8.91. The number of aromatic hydroxyl groups is 1. The molecule has 2 aliphatic rings. The van der Waals surface area contributed by atoms with E-state index in [1.165, 1.54) is 5.56 Å². The van der Waals surface area contributed by atoms with E-state index in [4.69, 9.17) is 18.9 Å². The van der Waals surface area contributed by atoms with Gasteiger partial charge in [0.05, 0.1) is 14.2 Å². The highest BCUT2D eigenvalue weighted by atomic mass is 16.7. The van der Waals surface area contributed by atoms with Gasteiger partial charge in [-0.15, -0.1) is 0 Å². The molecule has 3 atom stereocenters. The van der Waals surface area contributed by atoms with Crippen LogP contribution >= 0.6 is 0 Å². The van der Waals surface area contributed by atoms with Gasteiger partial charge in [-0.05, 0) is 47.6 Å². The fourth-order valence-electron chi connectivity index (χ4n) is 4.28. The van der Waals surface area contributed by atoms with Gasteiger partial charge in [0.1, 0.15) is 0 Å². The zero-order chi connectivity index (χ0) is 18.4. The summed E-state index contributed by atoms with van der Waals surface area (Å²) in [5.41, 5.74) is 3.39. The van der Waals surface area contributed by atoms with Gasteiger partial charge in [0.15, 0.2) is 23.0 Å². The second-order valence-electron chi connectivity index (χ2n) is 7.17. The lowest BCUT2D eigenvalue weighted by Crippen LogP contribution is -2.27. The van der Waals surface area contributed by atoms with Crippen LogP contribution in [-0.4, -0.2) is 26.1 Å². The van der Waals surface area contributed by atoms with Crippen LogP contribution in [0.25, 0.3) is 0 Å². The predicted octanol–water partition coefficient (Wildman–Crippen LogP) is 4.10. The van der Waals surface area contributed by atoms with Gasteiger partial charge in [-0.1, -0.05) is 19.9 Å². The second kappa shape index (κ2) is 6.31. The summed E-state index contributed by atoms with van der Waals surface area (Å²) in [6, 6.07) is 7.71. The molecule has 2 aromatic carbocycles. The zero-order valence-corrected chi connectivity index (χ0v) is 15.5. The smallest absolute Gasteiger partial charge is 0.231 e. The van der Waals surface area contributed by atoms with Gasteiger partial charge in [-0.3, -0.25) is 0 Å². The third-order valence-corrected chi connectivity index (χ3v) is 5.79. The molecule has 5 nitrogen and oxygen atoms in total. The molecule has 1 heterocycles. The van der Waals surface area contributed by atoms with Crippen molar-refractivity contribution < 1.29 is 24.1 Å². The minimum Gasteiger partial charge on any atom is -0.504 e. The third-order valence-electron chi connectivity index (χ3n) is 5.79. The largest absolute Gasteiger partial charge is 0.504 e. The highest BCUT2D eigenvalue weighted by Gasteiger charge is 2.38. The highest BCUT2D eigenvalue weighted by Crippen LogP contribution is 2.54. The van der Waals surface area contributed by atoms with Crippen LogP contribution in [0.2, 0.25) is 0 Å². The molecule has 0 bridgehead atoms. The predicted molar refractivity (Wildman–Crippen MR) is 97.7 cm³/mol. The summed E-state index contributed by atoms with van der Waals surface area (Å²) in [5.74, 6) is 3.75. The second-order valence-corrected chi connectivity index (χ2v) is 7.17. The minimum absolute atomic E-state index is 0.0926. The molecule has 0 saturated heterocycles. The number of fused-ring (bicyclic) bond motifs is 2. The average molecular weight is 356 g/mol. The van der Waals surface area contributed by atoms with Crippen molar-refractivity contribution >= 4 is 0 Å². The summed E-state index contributed by atoms with van der Waals surface area (Å²) >= 11 is 0. The Kier molecular flexibility index (Phi) is 4.10. The van der Waals surface area contributed by atoms with E-state index in [9.17, 15) is 5.11 Å². The quantitative estimate of drug-likeness (QED) is 0.897. The molecular formula is C21H24O5. The molecule has 0 saturated carbocycles. The Hall–Kier alpha value is -2.56. The van der Waals surface area contributed by atoms with E-state index in [1.807, 2.05) is 12.1 Å². The van der Waals surface area contributed by atoms with E-state index in [1.54, 1.807) is 20.3 Å². The maximum atomic E-state index is 10.3. The highest BCUT2D eigenvalue weighted by molar-refractivity contribution is 5.64. The fourth-order valence-corrected chi connectivity index (χ4v) is 4.28. The van der Waals surface area contributed by atoms with Crippen LogP contribution in [0.3, 0.4) is 0 Å². The Morgan fingerprint density at radius 1 is 1.08 bits per heavy atom. The van der Waals surface area contributed by atoms with Crippen molar-refractivity contribution in [1.82, 2.24) is 0 Å². The molecule has 26 heavy (non-hydrogen) atoms. The molecule has 0 unspecified atom stereocenters. The van der Waals surface area contributed by atoms with E-state index in [2.05, 4.69) is 19.9 Å². The number of phenols is 1. The zero-order valence-electron chi connectivity index (χ0n) is 15.5. The first-order chi connectivity index (χ1) is 12.5. The van der Waals surface area contributed by atoms with Gasteiger partial charge in [0.25, 0.3) is 0 Å². The van der Waals surface area contributed by atoms with Crippen LogP contribution in [0.5, 0.6) is 28.7 Å². The number of benzene rings is 2. The number of ether oxygens (including phenoxy) is 4. The van der Waals surface area contributed by atoms with Crippen LogP contribution < -0.4 is 18.9 Å². The standard InChI is InChI=1S/C21H24O5/c1-11-7-14-9-17-20(26-10-25-17)21(24-4)19(14)18(12(11)2)13-5-6-16(23-3)15(22)8-13/h5-6,8-9,11-12,18,22H,7,10H2,1-4H3/t11-,12+,18+/m1/s1. The lowest BCUT2D eigenvalue weighted by Gasteiger charge is -2.37. The lowest BCUT2D eigenvalue weighted by molar-refractivity contribution is 0.171. The Morgan fingerprint density at radius 2 is 1.88 bits per heavy atom. The normalized spacial score (nSPS) is 23.5. The molecule has 2 aromatic rings. The molecule has 0 fully saturated rings. The van der Waals surface area contributed by atoms with Crippen LogP contribution in [0, 0.1) is 11.8 Å². The maximum absolute atomic E-state index is 10.3. The topological polar surface area (TPSA) is 57.2 Å². The van der Waals surface area contributed by atoms with Crippen molar-refractivity contribution in [2.75, 3.05) is 21.0 Å².